The van der Waals surface area contributed by atoms with Gasteiger partial charge in [0.25, 0.3) is 0 Å². The summed E-state index contributed by atoms with van der Waals surface area (Å²) in [6, 6.07) is 9.79. The highest BCUT2D eigenvalue weighted by Crippen LogP contribution is 2.31. The van der Waals surface area contributed by atoms with Crippen LogP contribution in [0.5, 0.6) is 5.75 Å². The highest BCUT2D eigenvalue weighted by molar-refractivity contribution is 7.71. The molecule has 0 unspecified atom stereocenters. The van der Waals surface area contributed by atoms with Crippen LogP contribution in [-0.2, 0) is 6.54 Å². The summed E-state index contributed by atoms with van der Waals surface area (Å²) in [6.45, 7) is 5.23. The summed E-state index contributed by atoms with van der Waals surface area (Å²) in [7, 11) is 0. The third-order valence-electron chi connectivity index (χ3n) is 3.70. The zero-order chi connectivity index (χ0) is 16.4. The van der Waals surface area contributed by atoms with Gasteiger partial charge in [-0.3, -0.25) is 9.55 Å². The summed E-state index contributed by atoms with van der Waals surface area (Å²) in [5, 5.41) is 0. The number of para-hydroxylation sites is 1. The zero-order valence-electron chi connectivity index (χ0n) is 13.2. The van der Waals surface area contributed by atoms with Crippen molar-refractivity contribution >= 4 is 23.3 Å². The Balaban J connectivity index is 2.25. The topological polar surface area (TPSA) is 62.8 Å². The van der Waals surface area contributed by atoms with Crippen LogP contribution in [0.25, 0.3) is 22.3 Å². The Kier molecular flexibility index (Phi) is 4.34. The first kappa shape index (κ1) is 15.6. The van der Waals surface area contributed by atoms with Gasteiger partial charge >= 0.3 is 5.69 Å². The van der Waals surface area contributed by atoms with E-state index in [0.717, 1.165) is 34.5 Å². The van der Waals surface area contributed by atoms with Crippen molar-refractivity contribution in [1.82, 2.24) is 14.5 Å². The lowest BCUT2D eigenvalue weighted by Crippen LogP contribution is -2.22. The molecule has 3 aromatic rings. The zero-order valence-corrected chi connectivity index (χ0v) is 14.0. The van der Waals surface area contributed by atoms with Gasteiger partial charge in [0.1, 0.15) is 10.4 Å². The molecule has 23 heavy (non-hydrogen) atoms. The molecule has 0 atom stereocenters. The maximum atomic E-state index is 12.2. The molecule has 0 fully saturated rings. The summed E-state index contributed by atoms with van der Waals surface area (Å²) in [6.07, 6.45) is 0.871. The standard InChI is InChI=1S/C17H19N3O2S/c1-3-9-20-13-10-12(18-15(13)16(23)19-17(20)21)11-7-5-6-8-14(11)22-4-2/h5-8,10,18H,3-4,9H2,1-2H3,(H,19,21,23). The molecule has 0 aliphatic carbocycles. The first-order valence-electron chi connectivity index (χ1n) is 7.73. The number of hydrogen-bond acceptors (Lipinski definition) is 3. The van der Waals surface area contributed by atoms with Gasteiger partial charge < -0.3 is 9.72 Å². The molecule has 0 aliphatic heterocycles. The Morgan fingerprint density at radius 3 is 2.74 bits per heavy atom. The lowest BCUT2D eigenvalue weighted by Gasteiger charge is -2.08. The lowest BCUT2D eigenvalue weighted by atomic mass is 10.1. The molecule has 0 saturated carbocycles. The molecule has 5 nitrogen and oxygen atoms in total. The van der Waals surface area contributed by atoms with Gasteiger partial charge in [0.15, 0.2) is 0 Å². The van der Waals surface area contributed by atoms with Gasteiger partial charge in [-0.05, 0) is 31.5 Å². The fraction of sp³-hybridized carbons (Fsp3) is 0.294. The summed E-state index contributed by atoms with van der Waals surface area (Å²) in [5.41, 5.74) is 3.26. The molecule has 2 N–H and O–H groups in total. The van der Waals surface area contributed by atoms with Crippen LogP contribution >= 0.6 is 12.2 Å². The molecule has 0 aliphatic rings. The van der Waals surface area contributed by atoms with E-state index in [4.69, 9.17) is 17.0 Å². The molecule has 6 heteroatoms. The Hall–Kier alpha value is -2.34. The predicted molar refractivity (Wildman–Crippen MR) is 94.6 cm³/mol. The van der Waals surface area contributed by atoms with Crippen molar-refractivity contribution in [1.29, 1.82) is 0 Å². The Bertz CT molecular complexity index is 952. The van der Waals surface area contributed by atoms with Gasteiger partial charge in [-0.25, -0.2) is 4.79 Å². The number of fused-ring (bicyclic) bond motifs is 1. The minimum absolute atomic E-state index is 0.173. The second-order valence-electron chi connectivity index (χ2n) is 5.28. The number of aryl methyl sites for hydroxylation is 1. The number of aromatic amines is 2. The minimum atomic E-state index is -0.173. The van der Waals surface area contributed by atoms with Crippen LogP contribution in [0.4, 0.5) is 0 Å². The van der Waals surface area contributed by atoms with Crippen molar-refractivity contribution in [2.24, 2.45) is 0 Å². The van der Waals surface area contributed by atoms with Crippen LogP contribution in [0.15, 0.2) is 35.1 Å². The van der Waals surface area contributed by atoms with Crippen LogP contribution in [0, 0.1) is 4.64 Å². The second kappa shape index (κ2) is 6.42. The van der Waals surface area contributed by atoms with Crippen molar-refractivity contribution in [2.45, 2.75) is 26.8 Å². The van der Waals surface area contributed by atoms with Gasteiger partial charge in [0.2, 0.25) is 0 Å². The van der Waals surface area contributed by atoms with Gasteiger partial charge in [0, 0.05) is 12.1 Å². The molecule has 0 spiro atoms. The van der Waals surface area contributed by atoms with Gasteiger partial charge in [-0.2, -0.15) is 0 Å². The average Bonchev–Trinajstić information content (AvgIpc) is 2.98. The van der Waals surface area contributed by atoms with Crippen molar-refractivity contribution in [2.75, 3.05) is 6.61 Å². The lowest BCUT2D eigenvalue weighted by molar-refractivity contribution is 0.341. The van der Waals surface area contributed by atoms with Crippen molar-refractivity contribution in [3.63, 3.8) is 0 Å². The SMILES string of the molecule is CCCn1c(=O)[nH]c(=S)c2[nH]c(-c3ccccc3OCC)cc21. The van der Waals surface area contributed by atoms with Crippen LogP contribution in [0.2, 0.25) is 0 Å². The number of H-pyrrole nitrogens is 2. The highest BCUT2D eigenvalue weighted by atomic mass is 32.1. The molecule has 0 radical (unpaired) electrons. The predicted octanol–water partition coefficient (Wildman–Crippen LogP) is 3.86. The first-order valence-corrected chi connectivity index (χ1v) is 8.14. The molecule has 1 aromatic carbocycles. The van der Waals surface area contributed by atoms with Crippen LogP contribution in [-0.4, -0.2) is 21.1 Å². The monoisotopic (exact) mass is 329 g/mol. The van der Waals surface area contributed by atoms with E-state index in [-0.39, 0.29) is 5.69 Å². The van der Waals surface area contributed by atoms with Crippen LogP contribution < -0.4 is 10.4 Å². The largest absolute Gasteiger partial charge is 0.493 e. The van der Waals surface area contributed by atoms with Gasteiger partial charge in [0.05, 0.1) is 23.3 Å². The smallest absolute Gasteiger partial charge is 0.327 e. The number of hydrogen-bond donors (Lipinski definition) is 2. The van der Waals surface area contributed by atoms with E-state index in [1.54, 1.807) is 4.57 Å². The van der Waals surface area contributed by atoms with Crippen molar-refractivity contribution in [3.8, 4) is 17.0 Å². The molecule has 0 saturated heterocycles. The molecule has 2 aromatic heterocycles. The maximum absolute atomic E-state index is 12.2. The second-order valence-corrected chi connectivity index (χ2v) is 5.69. The quantitative estimate of drug-likeness (QED) is 0.699. The Morgan fingerprint density at radius 1 is 1.22 bits per heavy atom. The number of benzene rings is 1. The number of nitrogens with zero attached hydrogens (tertiary/aromatic N) is 1. The third-order valence-corrected chi connectivity index (χ3v) is 4.01. The van der Waals surface area contributed by atoms with E-state index in [0.29, 0.717) is 17.8 Å². The molecule has 2 heterocycles. The maximum Gasteiger partial charge on any atom is 0.327 e. The van der Waals surface area contributed by atoms with Gasteiger partial charge in [-0.15, -0.1) is 0 Å². The fourth-order valence-electron chi connectivity index (χ4n) is 2.73. The van der Waals surface area contributed by atoms with E-state index in [1.165, 1.54) is 0 Å². The molecule has 3 rings (SSSR count). The van der Waals surface area contributed by atoms with E-state index in [1.807, 2.05) is 44.2 Å². The number of aromatic nitrogens is 3. The number of nitrogens with one attached hydrogen (secondary N) is 2. The number of ether oxygens (including phenoxy) is 1. The summed E-state index contributed by atoms with van der Waals surface area (Å²) in [5.74, 6) is 0.806. The van der Waals surface area contributed by atoms with E-state index in [9.17, 15) is 4.79 Å². The van der Waals surface area contributed by atoms with E-state index in [2.05, 4.69) is 9.97 Å². The average molecular weight is 329 g/mol. The molecular weight excluding hydrogens is 310 g/mol. The first-order chi connectivity index (χ1) is 11.2. The van der Waals surface area contributed by atoms with Crippen molar-refractivity contribution in [3.05, 3.63) is 45.5 Å². The molecule has 0 bridgehead atoms. The summed E-state index contributed by atoms with van der Waals surface area (Å²) in [4.78, 5) is 18.2. The minimum Gasteiger partial charge on any atom is -0.493 e. The summed E-state index contributed by atoms with van der Waals surface area (Å²) >= 11 is 5.30. The third kappa shape index (κ3) is 2.82. The highest BCUT2D eigenvalue weighted by Gasteiger charge is 2.13. The van der Waals surface area contributed by atoms with E-state index < -0.39 is 0 Å². The molecular formula is C17H19N3O2S. The van der Waals surface area contributed by atoms with Crippen molar-refractivity contribution < 1.29 is 4.74 Å². The number of rotatable bonds is 5. The fourth-order valence-corrected chi connectivity index (χ4v) is 2.97. The van der Waals surface area contributed by atoms with E-state index >= 15 is 0 Å². The molecule has 0 amide bonds. The summed E-state index contributed by atoms with van der Waals surface area (Å²) < 4.78 is 7.84. The Labute approximate surface area is 138 Å². The van der Waals surface area contributed by atoms with Crippen LogP contribution in [0.1, 0.15) is 20.3 Å². The molecule has 120 valence electrons. The Morgan fingerprint density at radius 2 is 2.00 bits per heavy atom. The normalized spacial score (nSPS) is 11.0. The van der Waals surface area contributed by atoms with Crippen LogP contribution in [0.3, 0.4) is 0 Å². The van der Waals surface area contributed by atoms with Gasteiger partial charge in [-0.1, -0.05) is 31.3 Å².